The second-order valence-electron chi connectivity index (χ2n) is 19.2. The van der Waals surface area contributed by atoms with Gasteiger partial charge in [-0.2, -0.15) is 0 Å². The highest BCUT2D eigenvalue weighted by molar-refractivity contribution is 5.38. The lowest BCUT2D eigenvalue weighted by molar-refractivity contribution is -0.169. The molecule has 0 aromatic heterocycles. The van der Waals surface area contributed by atoms with E-state index in [2.05, 4.69) is 62.4 Å². The second kappa shape index (κ2) is 10.5. The van der Waals surface area contributed by atoms with Crippen LogP contribution in [0.3, 0.4) is 0 Å². The summed E-state index contributed by atoms with van der Waals surface area (Å²) in [6, 6.07) is 19.7. The van der Waals surface area contributed by atoms with E-state index in [-0.39, 0.29) is 0 Å². The van der Waals surface area contributed by atoms with Gasteiger partial charge in [0.05, 0.1) is 0 Å². The van der Waals surface area contributed by atoms with E-state index in [0.717, 1.165) is 107 Å². The molecule has 0 heterocycles. The molecule has 14 atom stereocenters. The first-order chi connectivity index (χ1) is 22.7. The summed E-state index contributed by atoms with van der Waals surface area (Å²) in [5, 5.41) is 0. The summed E-state index contributed by atoms with van der Waals surface area (Å²) in [7, 11) is 0. The third kappa shape index (κ3) is 3.70. The standard InChI is InChI=1S/C46H60/c1-25-9-3-5-11-29(25)40-31-13-7-8-14-32(31)41(30-12-6-4-10-26(30)2)46-38-24-22-36-34-20-18-28-16-15-27-17-19-33(42(34)39(27)28)35-21-23-37(45(40)46)44(38)43(35)36/h3-6,9-12,27-28,31-46H,7-8,13-24H2,1-2H3. The molecule has 14 unspecified atom stereocenters. The summed E-state index contributed by atoms with van der Waals surface area (Å²) < 4.78 is 0. The lowest BCUT2D eigenvalue weighted by atomic mass is 9.40. The van der Waals surface area contributed by atoms with Gasteiger partial charge >= 0.3 is 0 Å². The molecule has 0 radical (unpaired) electrons. The summed E-state index contributed by atoms with van der Waals surface area (Å²) in [5.41, 5.74) is 6.79. The first-order valence-corrected chi connectivity index (χ1v) is 20.8. The summed E-state index contributed by atoms with van der Waals surface area (Å²) in [4.78, 5) is 0. The lowest BCUT2D eigenvalue weighted by Crippen LogP contribution is -2.59. The fraction of sp³-hybridized carbons (Fsp3) is 0.739. The van der Waals surface area contributed by atoms with Gasteiger partial charge in [-0.05, 0) is 220 Å². The Morgan fingerprint density at radius 3 is 1.20 bits per heavy atom. The molecule has 0 nitrogen and oxygen atoms in total. The minimum atomic E-state index is 0.808. The molecule has 244 valence electrons. The van der Waals surface area contributed by atoms with E-state index in [0.29, 0.717) is 0 Å². The van der Waals surface area contributed by atoms with Crippen molar-refractivity contribution in [1.82, 2.24) is 0 Å². The smallest absolute Gasteiger partial charge is 0.00941 e. The highest BCUT2D eigenvalue weighted by Crippen LogP contribution is 2.77. The zero-order valence-electron chi connectivity index (χ0n) is 28.9. The predicted octanol–water partition coefficient (Wildman–Crippen LogP) is 11.6. The molecular formula is C46H60. The van der Waals surface area contributed by atoms with E-state index in [1.165, 1.54) is 25.7 Å². The molecule has 0 amide bonds. The molecule has 2 aromatic carbocycles. The molecule has 9 aliphatic rings. The number of aryl methyl sites for hydroxylation is 2. The number of hydrogen-bond donors (Lipinski definition) is 0. The summed E-state index contributed by atoms with van der Waals surface area (Å²) in [5.74, 6) is 18.3. The van der Waals surface area contributed by atoms with Crippen LogP contribution < -0.4 is 0 Å². The second-order valence-corrected chi connectivity index (χ2v) is 19.2. The first kappa shape index (κ1) is 28.3. The van der Waals surface area contributed by atoms with E-state index < -0.39 is 0 Å². The number of rotatable bonds is 2. The number of benzene rings is 2. The Bertz CT molecular complexity index is 1380. The maximum Gasteiger partial charge on any atom is -0.00941 e. The van der Waals surface area contributed by atoms with Crippen LogP contribution in [0.5, 0.6) is 0 Å². The molecule has 0 heteroatoms. The van der Waals surface area contributed by atoms with Crippen LogP contribution in [0.2, 0.25) is 0 Å². The van der Waals surface area contributed by atoms with Gasteiger partial charge in [0, 0.05) is 0 Å². The van der Waals surface area contributed by atoms with Gasteiger partial charge in [0.25, 0.3) is 0 Å². The molecule has 46 heavy (non-hydrogen) atoms. The number of hydrogen-bond acceptors (Lipinski definition) is 0. The summed E-state index contributed by atoms with van der Waals surface area (Å²) >= 11 is 0. The predicted molar refractivity (Wildman–Crippen MR) is 188 cm³/mol. The Labute approximate surface area is 280 Å². The maximum atomic E-state index is 2.62. The topological polar surface area (TPSA) is 0 Å². The van der Waals surface area contributed by atoms with Crippen molar-refractivity contribution in [3.8, 4) is 0 Å². The largest absolute Gasteiger partial charge is 0.0620 e. The fourth-order valence-electron chi connectivity index (χ4n) is 17.8. The van der Waals surface area contributed by atoms with Crippen molar-refractivity contribution >= 4 is 0 Å². The Balaban J connectivity index is 1.06. The van der Waals surface area contributed by atoms with Crippen molar-refractivity contribution < 1.29 is 0 Å². The monoisotopic (exact) mass is 612 g/mol. The number of fused-ring (bicyclic) bond motifs is 6. The average Bonchev–Trinajstić information content (AvgIpc) is 3.67. The molecule has 0 N–H and O–H groups in total. The van der Waals surface area contributed by atoms with Crippen molar-refractivity contribution in [3.05, 3.63) is 70.8 Å². The first-order valence-electron chi connectivity index (χ1n) is 20.8. The minimum absolute atomic E-state index is 0.808. The van der Waals surface area contributed by atoms with Crippen LogP contribution in [0.4, 0.5) is 0 Å². The van der Waals surface area contributed by atoms with Gasteiger partial charge in [0.1, 0.15) is 0 Å². The van der Waals surface area contributed by atoms with Gasteiger partial charge in [-0.15, -0.1) is 0 Å². The van der Waals surface area contributed by atoms with E-state index in [9.17, 15) is 0 Å². The third-order valence-corrected chi connectivity index (χ3v) is 18.5. The molecule has 0 aliphatic heterocycles. The van der Waals surface area contributed by atoms with E-state index >= 15 is 0 Å². The Morgan fingerprint density at radius 1 is 0.348 bits per heavy atom. The van der Waals surface area contributed by atoms with Crippen molar-refractivity contribution in [2.45, 2.75) is 116 Å². The average molecular weight is 613 g/mol. The van der Waals surface area contributed by atoms with Gasteiger partial charge in [0.15, 0.2) is 0 Å². The molecule has 9 aliphatic carbocycles. The molecule has 0 saturated heterocycles. The zero-order valence-corrected chi connectivity index (χ0v) is 28.9. The van der Waals surface area contributed by atoms with Crippen LogP contribution >= 0.6 is 0 Å². The SMILES string of the molecule is Cc1ccccc1C1C2CCCCC2C(c2ccccc2C)C2C3CCC4C5CCC6CCC7CCC(C8CCC(C3C84)C12)C5C76. The van der Waals surface area contributed by atoms with Crippen molar-refractivity contribution in [2.24, 2.45) is 94.7 Å². The van der Waals surface area contributed by atoms with Gasteiger partial charge in [-0.25, -0.2) is 0 Å². The van der Waals surface area contributed by atoms with Crippen LogP contribution in [0.1, 0.15) is 124 Å². The quantitative estimate of drug-likeness (QED) is 0.316. The van der Waals surface area contributed by atoms with Crippen molar-refractivity contribution in [2.75, 3.05) is 0 Å². The highest BCUT2D eigenvalue weighted by Gasteiger charge is 2.70. The van der Waals surface area contributed by atoms with Crippen molar-refractivity contribution in [3.63, 3.8) is 0 Å². The van der Waals surface area contributed by atoms with Crippen LogP contribution in [0, 0.1) is 109 Å². The fourth-order valence-corrected chi connectivity index (χ4v) is 17.8. The van der Waals surface area contributed by atoms with Gasteiger partial charge < -0.3 is 0 Å². The van der Waals surface area contributed by atoms with Crippen molar-refractivity contribution in [1.29, 1.82) is 0 Å². The van der Waals surface area contributed by atoms with Crippen LogP contribution in [0.25, 0.3) is 0 Å². The van der Waals surface area contributed by atoms with Gasteiger partial charge in [0.2, 0.25) is 0 Å². The Kier molecular flexibility index (Phi) is 6.44. The maximum absolute atomic E-state index is 2.62. The molecule has 2 aromatic rings. The van der Waals surface area contributed by atoms with E-state index in [1.54, 1.807) is 86.5 Å². The van der Waals surface area contributed by atoms with E-state index in [4.69, 9.17) is 0 Å². The van der Waals surface area contributed by atoms with Gasteiger partial charge in [-0.1, -0.05) is 61.4 Å². The molecule has 11 rings (SSSR count). The Morgan fingerprint density at radius 2 is 0.717 bits per heavy atom. The van der Waals surface area contributed by atoms with Crippen LogP contribution in [-0.4, -0.2) is 0 Å². The van der Waals surface area contributed by atoms with E-state index in [1.807, 2.05) is 0 Å². The molecular weight excluding hydrogens is 553 g/mol. The van der Waals surface area contributed by atoms with Gasteiger partial charge in [-0.3, -0.25) is 0 Å². The normalized spacial score (nSPS) is 52.7. The zero-order chi connectivity index (χ0) is 30.3. The summed E-state index contributed by atoms with van der Waals surface area (Å²) in [6.45, 7) is 4.95. The van der Waals surface area contributed by atoms with Crippen LogP contribution in [0.15, 0.2) is 48.5 Å². The minimum Gasteiger partial charge on any atom is -0.0620 e. The molecule has 9 saturated carbocycles. The third-order valence-electron chi connectivity index (χ3n) is 18.5. The molecule has 0 spiro atoms. The van der Waals surface area contributed by atoms with Crippen LogP contribution in [-0.2, 0) is 0 Å². The molecule has 9 fully saturated rings. The molecule has 0 bridgehead atoms. The summed E-state index contributed by atoms with van der Waals surface area (Å²) in [6.07, 6.45) is 22.0. The Hall–Kier alpha value is -1.56. The lowest BCUT2D eigenvalue weighted by Gasteiger charge is -2.65. The highest BCUT2D eigenvalue weighted by atomic mass is 14.7.